The maximum absolute atomic E-state index is 11.0. The Labute approximate surface area is 107 Å². The highest BCUT2D eigenvalue weighted by atomic mass is 16.5. The van der Waals surface area contributed by atoms with Crippen molar-refractivity contribution in [3.8, 4) is 5.75 Å². The highest BCUT2D eigenvalue weighted by Gasteiger charge is 2.47. The number of ether oxygens (including phenoxy) is 2. The quantitative estimate of drug-likeness (QED) is 0.842. The van der Waals surface area contributed by atoms with E-state index >= 15 is 0 Å². The molecule has 1 fully saturated rings. The van der Waals surface area contributed by atoms with Crippen LogP contribution < -0.4 is 4.74 Å². The van der Waals surface area contributed by atoms with Crippen LogP contribution in [-0.2, 0) is 21.6 Å². The number of carboxylic acids is 1. The Hall–Kier alpha value is -1.55. The molecule has 0 spiro atoms. The van der Waals surface area contributed by atoms with Crippen LogP contribution >= 0.6 is 0 Å². The lowest BCUT2D eigenvalue weighted by atomic mass is 9.88. The zero-order valence-corrected chi connectivity index (χ0v) is 10.7. The lowest BCUT2D eigenvalue weighted by molar-refractivity contribution is -0.137. The van der Waals surface area contributed by atoms with Crippen molar-refractivity contribution >= 4 is 5.97 Å². The summed E-state index contributed by atoms with van der Waals surface area (Å²) in [6.07, 6.45) is 2.06. The monoisotopic (exact) mass is 250 g/mol. The minimum absolute atomic E-state index is 0.189. The fraction of sp³-hybridized carbons (Fsp3) is 0.500. The lowest BCUT2D eigenvalue weighted by Crippen LogP contribution is -2.15. The highest BCUT2D eigenvalue weighted by Crippen LogP contribution is 2.52. The Morgan fingerprint density at radius 1 is 1.39 bits per heavy atom. The molecular formula is C14H18O4. The molecule has 98 valence electrons. The van der Waals surface area contributed by atoms with E-state index in [9.17, 15) is 4.79 Å². The summed E-state index contributed by atoms with van der Waals surface area (Å²) >= 11 is 0. The van der Waals surface area contributed by atoms with Gasteiger partial charge in [0.25, 0.3) is 0 Å². The number of carbonyl (C=O) groups is 1. The maximum Gasteiger partial charge on any atom is 0.304 e. The summed E-state index contributed by atoms with van der Waals surface area (Å²) in [5.41, 5.74) is 1.93. The second kappa shape index (κ2) is 4.98. The Kier molecular flexibility index (Phi) is 3.57. The van der Waals surface area contributed by atoms with Crippen molar-refractivity contribution in [2.24, 2.45) is 0 Å². The number of aliphatic carboxylic acids is 1. The second-order valence-electron chi connectivity index (χ2n) is 4.81. The van der Waals surface area contributed by atoms with Crippen molar-refractivity contribution in [2.45, 2.75) is 31.3 Å². The molecule has 0 radical (unpaired) electrons. The summed E-state index contributed by atoms with van der Waals surface area (Å²) in [5.74, 6) is 0.0311. The Balaban J connectivity index is 2.34. The predicted octanol–water partition coefficient (Wildman–Crippen LogP) is 2.35. The lowest BCUT2D eigenvalue weighted by Gasteiger charge is -2.18. The van der Waals surface area contributed by atoms with Gasteiger partial charge in [0, 0.05) is 12.5 Å². The van der Waals surface area contributed by atoms with Crippen LogP contribution in [0, 0.1) is 0 Å². The normalized spacial score (nSPS) is 16.3. The highest BCUT2D eigenvalue weighted by molar-refractivity contribution is 5.70. The average molecular weight is 250 g/mol. The summed E-state index contributed by atoms with van der Waals surface area (Å²) in [6.45, 7) is 0.480. The van der Waals surface area contributed by atoms with E-state index in [4.69, 9.17) is 14.6 Å². The van der Waals surface area contributed by atoms with Crippen molar-refractivity contribution in [3.63, 3.8) is 0 Å². The van der Waals surface area contributed by atoms with Gasteiger partial charge in [0.2, 0.25) is 0 Å². The van der Waals surface area contributed by atoms with E-state index in [0.717, 1.165) is 29.7 Å². The molecule has 0 amide bonds. The molecule has 1 aliphatic rings. The molecule has 0 saturated heterocycles. The van der Waals surface area contributed by atoms with E-state index in [2.05, 4.69) is 0 Å². The molecule has 0 aromatic heterocycles. The van der Waals surface area contributed by atoms with Crippen molar-refractivity contribution in [1.29, 1.82) is 0 Å². The van der Waals surface area contributed by atoms with Gasteiger partial charge < -0.3 is 14.6 Å². The van der Waals surface area contributed by atoms with Crippen molar-refractivity contribution in [2.75, 3.05) is 14.2 Å². The molecular weight excluding hydrogens is 232 g/mol. The third-order valence-corrected chi connectivity index (χ3v) is 3.53. The first-order chi connectivity index (χ1) is 8.61. The second-order valence-corrected chi connectivity index (χ2v) is 4.81. The third-order valence-electron chi connectivity index (χ3n) is 3.53. The van der Waals surface area contributed by atoms with Crippen LogP contribution in [0.25, 0.3) is 0 Å². The SMILES string of the molecule is COCc1cc(OC)ccc1C1(CC(=O)O)CC1. The summed E-state index contributed by atoms with van der Waals surface area (Å²) in [7, 11) is 3.26. The third kappa shape index (κ3) is 2.48. The first-order valence-electron chi connectivity index (χ1n) is 5.99. The molecule has 4 heteroatoms. The van der Waals surface area contributed by atoms with E-state index in [1.165, 1.54) is 0 Å². The van der Waals surface area contributed by atoms with E-state index in [-0.39, 0.29) is 11.8 Å². The number of methoxy groups -OCH3 is 2. The first-order valence-corrected chi connectivity index (χ1v) is 5.99. The van der Waals surface area contributed by atoms with Gasteiger partial charge in [-0.2, -0.15) is 0 Å². The molecule has 4 nitrogen and oxygen atoms in total. The number of hydrogen-bond donors (Lipinski definition) is 1. The van der Waals surface area contributed by atoms with Gasteiger partial charge in [0.1, 0.15) is 5.75 Å². The molecule has 0 bridgehead atoms. The van der Waals surface area contributed by atoms with Gasteiger partial charge in [-0.25, -0.2) is 0 Å². The smallest absolute Gasteiger partial charge is 0.304 e. The van der Waals surface area contributed by atoms with Gasteiger partial charge in [-0.15, -0.1) is 0 Å². The van der Waals surface area contributed by atoms with Gasteiger partial charge in [-0.3, -0.25) is 4.79 Å². The van der Waals surface area contributed by atoms with Crippen LogP contribution in [0.3, 0.4) is 0 Å². The van der Waals surface area contributed by atoms with Gasteiger partial charge in [0.15, 0.2) is 0 Å². The molecule has 1 saturated carbocycles. The van der Waals surface area contributed by atoms with Crippen LogP contribution in [0.4, 0.5) is 0 Å². The molecule has 0 heterocycles. The number of benzene rings is 1. The first kappa shape index (κ1) is 12.9. The van der Waals surface area contributed by atoms with Crippen molar-refractivity contribution in [1.82, 2.24) is 0 Å². The molecule has 0 unspecified atom stereocenters. The van der Waals surface area contributed by atoms with Crippen LogP contribution in [0.15, 0.2) is 18.2 Å². The molecule has 1 N–H and O–H groups in total. The van der Waals surface area contributed by atoms with E-state index in [1.807, 2.05) is 18.2 Å². The average Bonchev–Trinajstić information content (AvgIpc) is 3.09. The molecule has 18 heavy (non-hydrogen) atoms. The molecule has 0 atom stereocenters. The molecule has 1 aliphatic carbocycles. The van der Waals surface area contributed by atoms with E-state index in [0.29, 0.717) is 6.61 Å². The molecule has 1 aromatic carbocycles. The summed E-state index contributed by atoms with van der Waals surface area (Å²) in [5, 5.41) is 9.02. The van der Waals surface area contributed by atoms with Gasteiger partial charge >= 0.3 is 5.97 Å². The Bertz CT molecular complexity index is 449. The minimum atomic E-state index is -0.744. The molecule has 1 aromatic rings. The van der Waals surface area contributed by atoms with Crippen LogP contribution in [0.1, 0.15) is 30.4 Å². The maximum atomic E-state index is 11.0. The minimum Gasteiger partial charge on any atom is -0.497 e. The van der Waals surface area contributed by atoms with Gasteiger partial charge in [-0.05, 0) is 36.1 Å². The molecule has 0 aliphatic heterocycles. The Morgan fingerprint density at radius 3 is 2.61 bits per heavy atom. The molecule has 2 rings (SSSR count). The van der Waals surface area contributed by atoms with Crippen molar-refractivity contribution in [3.05, 3.63) is 29.3 Å². The topological polar surface area (TPSA) is 55.8 Å². The number of carboxylic acid groups (broad SMARTS) is 1. The zero-order valence-electron chi connectivity index (χ0n) is 10.7. The van der Waals surface area contributed by atoms with Crippen molar-refractivity contribution < 1.29 is 19.4 Å². The van der Waals surface area contributed by atoms with Gasteiger partial charge in [0.05, 0.1) is 20.1 Å². The van der Waals surface area contributed by atoms with Crippen LogP contribution in [0.2, 0.25) is 0 Å². The zero-order chi connectivity index (χ0) is 13.2. The van der Waals surface area contributed by atoms with Crippen LogP contribution in [0.5, 0.6) is 5.75 Å². The fourth-order valence-corrected chi connectivity index (χ4v) is 2.47. The predicted molar refractivity (Wildman–Crippen MR) is 66.9 cm³/mol. The number of rotatable bonds is 6. The fourth-order valence-electron chi connectivity index (χ4n) is 2.47. The summed E-state index contributed by atoms with van der Waals surface area (Å²) < 4.78 is 10.4. The van der Waals surface area contributed by atoms with Crippen LogP contribution in [-0.4, -0.2) is 25.3 Å². The summed E-state index contributed by atoms with van der Waals surface area (Å²) in [4.78, 5) is 11.0. The van der Waals surface area contributed by atoms with E-state index in [1.54, 1.807) is 14.2 Å². The standard InChI is InChI=1S/C14H18O4/c1-17-9-10-7-11(18-2)3-4-12(10)14(5-6-14)8-13(15)16/h3-4,7H,5-6,8-9H2,1-2H3,(H,15,16). The summed E-state index contributed by atoms with van der Waals surface area (Å²) in [6, 6.07) is 5.79. The number of hydrogen-bond acceptors (Lipinski definition) is 3. The van der Waals surface area contributed by atoms with E-state index < -0.39 is 5.97 Å². The largest absolute Gasteiger partial charge is 0.497 e. The van der Waals surface area contributed by atoms with Gasteiger partial charge in [-0.1, -0.05) is 6.07 Å². The Morgan fingerprint density at radius 2 is 2.11 bits per heavy atom.